The number of nitrogens with one attached hydrogen (secondary N) is 1. The van der Waals surface area contributed by atoms with Gasteiger partial charge in [-0.2, -0.15) is 0 Å². The minimum atomic E-state index is -0.289. The largest absolute Gasteiger partial charge is 0.340 e. The van der Waals surface area contributed by atoms with Gasteiger partial charge in [0.25, 0.3) is 0 Å². The summed E-state index contributed by atoms with van der Waals surface area (Å²) in [6.07, 6.45) is 0. The van der Waals surface area contributed by atoms with E-state index in [1.165, 1.54) is 12.1 Å². The lowest BCUT2D eigenvalue weighted by Crippen LogP contribution is -2.47. The summed E-state index contributed by atoms with van der Waals surface area (Å²) in [7, 11) is 0. The molecule has 3 nitrogen and oxygen atoms in total. The summed E-state index contributed by atoms with van der Waals surface area (Å²) in [4.78, 5) is 14.0. The highest BCUT2D eigenvalue weighted by molar-refractivity contribution is 5.83. The molecular formula is C13H17FN2O. The molecule has 17 heavy (non-hydrogen) atoms. The number of rotatable bonds is 2. The van der Waals surface area contributed by atoms with Crippen LogP contribution in [-0.4, -0.2) is 37.0 Å². The van der Waals surface area contributed by atoms with Crippen LogP contribution in [0.25, 0.3) is 0 Å². The molecule has 4 heteroatoms. The van der Waals surface area contributed by atoms with E-state index in [9.17, 15) is 9.18 Å². The second kappa shape index (κ2) is 5.27. The normalized spacial score (nSPS) is 17.9. The van der Waals surface area contributed by atoms with Crippen LogP contribution in [0, 0.1) is 5.82 Å². The van der Waals surface area contributed by atoms with Gasteiger partial charge in [-0.25, -0.2) is 4.39 Å². The molecule has 1 fully saturated rings. The number of nitrogens with zero attached hydrogens (tertiary/aromatic N) is 1. The second-order valence-electron chi connectivity index (χ2n) is 4.35. The van der Waals surface area contributed by atoms with Crippen LogP contribution in [0.15, 0.2) is 24.3 Å². The zero-order valence-corrected chi connectivity index (χ0v) is 9.95. The maximum absolute atomic E-state index is 13.1. The number of amides is 1. The van der Waals surface area contributed by atoms with Crippen molar-refractivity contribution >= 4 is 5.91 Å². The lowest BCUT2D eigenvalue weighted by Gasteiger charge is -2.29. The van der Waals surface area contributed by atoms with Gasteiger partial charge in [-0.3, -0.25) is 4.79 Å². The molecule has 1 heterocycles. The van der Waals surface area contributed by atoms with Gasteiger partial charge >= 0.3 is 0 Å². The first-order valence-electron chi connectivity index (χ1n) is 5.93. The highest BCUT2D eigenvalue weighted by Gasteiger charge is 2.23. The molecule has 1 unspecified atom stereocenters. The van der Waals surface area contributed by atoms with Crippen molar-refractivity contribution in [2.75, 3.05) is 26.2 Å². The fourth-order valence-corrected chi connectivity index (χ4v) is 2.08. The fourth-order valence-electron chi connectivity index (χ4n) is 2.08. The van der Waals surface area contributed by atoms with E-state index in [1.54, 1.807) is 12.1 Å². The minimum Gasteiger partial charge on any atom is -0.340 e. The Morgan fingerprint density at radius 2 is 2.12 bits per heavy atom. The minimum absolute atomic E-state index is 0.0806. The first kappa shape index (κ1) is 12.0. The highest BCUT2D eigenvalue weighted by atomic mass is 19.1. The monoisotopic (exact) mass is 236 g/mol. The Morgan fingerprint density at radius 1 is 1.41 bits per heavy atom. The summed E-state index contributed by atoms with van der Waals surface area (Å²) in [6, 6.07) is 6.27. The fraction of sp³-hybridized carbons (Fsp3) is 0.462. The SMILES string of the molecule is CC(C(=O)N1CCNCC1)c1cccc(F)c1. The van der Waals surface area contributed by atoms with Crippen LogP contribution >= 0.6 is 0 Å². The Labute approximate surface area is 101 Å². The molecule has 0 spiro atoms. The van der Waals surface area contributed by atoms with Gasteiger partial charge in [0.1, 0.15) is 5.82 Å². The quantitative estimate of drug-likeness (QED) is 0.841. The van der Waals surface area contributed by atoms with E-state index in [-0.39, 0.29) is 17.6 Å². The van der Waals surface area contributed by atoms with E-state index in [1.807, 2.05) is 11.8 Å². The molecule has 1 aliphatic heterocycles. The third-order valence-corrected chi connectivity index (χ3v) is 3.15. The summed E-state index contributed by atoms with van der Waals surface area (Å²) >= 11 is 0. The first-order chi connectivity index (χ1) is 8.18. The smallest absolute Gasteiger partial charge is 0.229 e. The van der Waals surface area contributed by atoms with Gasteiger partial charge in [-0.1, -0.05) is 12.1 Å². The molecule has 1 N–H and O–H groups in total. The third-order valence-electron chi connectivity index (χ3n) is 3.15. The molecule has 92 valence electrons. The summed E-state index contributed by atoms with van der Waals surface area (Å²) in [5.74, 6) is -0.483. The van der Waals surface area contributed by atoms with Gasteiger partial charge in [-0.15, -0.1) is 0 Å². The van der Waals surface area contributed by atoms with E-state index < -0.39 is 0 Å². The van der Waals surface area contributed by atoms with Gasteiger partial charge in [0.05, 0.1) is 5.92 Å². The molecule has 1 amide bonds. The summed E-state index contributed by atoms with van der Waals surface area (Å²) < 4.78 is 13.1. The molecule has 2 rings (SSSR count). The van der Waals surface area contributed by atoms with Crippen LogP contribution in [0.2, 0.25) is 0 Å². The number of hydrogen-bond acceptors (Lipinski definition) is 2. The second-order valence-corrected chi connectivity index (χ2v) is 4.35. The zero-order chi connectivity index (χ0) is 12.3. The van der Waals surface area contributed by atoms with Crippen LogP contribution in [0.1, 0.15) is 18.4 Å². The van der Waals surface area contributed by atoms with Crippen molar-refractivity contribution in [2.45, 2.75) is 12.8 Å². The van der Waals surface area contributed by atoms with Crippen LogP contribution in [-0.2, 0) is 4.79 Å². The lowest BCUT2D eigenvalue weighted by molar-refractivity contribution is -0.133. The molecule has 1 saturated heterocycles. The average molecular weight is 236 g/mol. The average Bonchev–Trinajstić information content (AvgIpc) is 2.38. The molecule has 0 saturated carbocycles. The number of piperazine rings is 1. The molecule has 0 bridgehead atoms. The molecule has 1 aromatic rings. The number of benzene rings is 1. The Hall–Kier alpha value is -1.42. The maximum atomic E-state index is 13.1. The van der Waals surface area contributed by atoms with Crippen molar-refractivity contribution < 1.29 is 9.18 Å². The Balaban J connectivity index is 2.08. The maximum Gasteiger partial charge on any atom is 0.229 e. The topological polar surface area (TPSA) is 32.3 Å². The molecule has 1 aliphatic rings. The van der Waals surface area contributed by atoms with Crippen LogP contribution in [0.4, 0.5) is 4.39 Å². The Bertz CT molecular complexity index is 402. The van der Waals surface area contributed by atoms with Crippen molar-refractivity contribution in [3.05, 3.63) is 35.6 Å². The van der Waals surface area contributed by atoms with E-state index in [4.69, 9.17) is 0 Å². The van der Waals surface area contributed by atoms with Crippen molar-refractivity contribution in [2.24, 2.45) is 0 Å². The van der Waals surface area contributed by atoms with Gasteiger partial charge in [-0.05, 0) is 24.6 Å². The molecule has 0 aliphatic carbocycles. The number of carbonyl (C=O) groups is 1. The van der Waals surface area contributed by atoms with E-state index in [0.717, 1.165) is 31.7 Å². The van der Waals surface area contributed by atoms with E-state index in [2.05, 4.69) is 5.32 Å². The lowest BCUT2D eigenvalue weighted by atomic mass is 9.99. The Morgan fingerprint density at radius 3 is 2.76 bits per heavy atom. The number of halogens is 1. The van der Waals surface area contributed by atoms with Crippen LogP contribution in [0.5, 0.6) is 0 Å². The molecule has 0 radical (unpaired) electrons. The van der Waals surface area contributed by atoms with Gasteiger partial charge in [0.15, 0.2) is 0 Å². The van der Waals surface area contributed by atoms with Crippen LogP contribution in [0.3, 0.4) is 0 Å². The summed E-state index contributed by atoms with van der Waals surface area (Å²) in [5.41, 5.74) is 0.744. The molecule has 1 atom stereocenters. The number of carbonyl (C=O) groups excluding carboxylic acids is 1. The summed E-state index contributed by atoms with van der Waals surface area (Å²) in [5, 5.41) is 3.20. The third kappa shape index (κ3) is 2.82. The van der Waals surface area contributed by atoms with Crippen LogP contribution < -0.4 is 5.32 Å². The standard InChI is InChI=1S/C13H17FN2O/c1-10(11-3-2-4-12(14)9-11)13(17)16-7-5-15-6-8-16/h2-4,9-10,15H,5-8H2,1H3. The van der Waals surface area contributed by atoms with Gasteiger partial charge in [0, 0.05) is 26.2 Å². The van der Waals surface area contributed by atoms with E-state index in [0.29, 0.717) is 0 Å². The molecule has 1 aromatic carbocycles. The van der Waals surface area contributed by atoms with Crippen molar-refractivity contribution in [3.8, 4) is 0 Å². The first-order valence-corrected chi connectivity index (χ1v) is 5.93. The predicted octanol–water partition coefficient (Wildman–Crippen LogP) is 1.36. The zero-order valence-electron chi connectivity index (χ0n) is 9.95. The van der Waals surface area contributed by atoms with Crippen molar-refractivity contribution in [3.63, 3.8) is 0 Å². The van der Waals surface area contributed by atoms with Gasteiger partial charge in [0.2, 0.25) is 5.91 Å². The van der Waals surface area contributed by atoms with Gasteiger partial charge < -0.3 is 10.2 Å². The molecular weight excluding hydrogens is 219 g/mol. The summed E-state index contributed by atoms with van der Waals surface area (Å²) in [6.45, 7) is 4.97. The highest BCUT2D eigenvalue weighted by Crippen LogP contribution is 2.19. The predicted molar refractivity (Wildman–Crippen MR) is 64.3 cm³/mol. The number of hydrogen-bond donors (Lipinski definition) is 1. The van der Waals surface area contributed by atoms with E-state index >= 15 is 0 Å². The van der Waals surface area contributed by atoms with Crippen molar-refractivity contribution in [1.29, 1.82) is 0 Å². The molecule has 0 aromatic heterocycles. The van der Waals surface area contributed by atoms with Crippen molar-refractivity contribution in [1.82, 2.24) is 10.2 Å². The Kier molecular flexibility index (Phi) is 3.74.